The van der Waals surface area contributed by atoms with Gasteiger partial charge in [-0.05, 0) is 12.1 Å². The SMILES string of the molecule is NCC1CN(C(=O)c2ccccc2)CCC12OCCO2. The van der Waals surface area contributed by atoms with E-state index in [4.69, 9.17) is 15.2 Å². The Balaban J connectivity index is 1.73. The lowest BCUT2D eigenvalue weighted by Crippen LogP contribution is -2.56. The quantitative estimate of drug-likeness (QED) is 0.870. The molecule has 0 radical (unpaired) electrons. The highest BCUT2D eigenvalue weighted by Crippen LogP contribution is 2.35. The number of hydrogen-bond acceptors (Lipinski definition) is 4. The van der Waals surface area contributed by atoms with Crippen molar-refractivity contribution in [3.8, 4) is 0 Å². The van der Waals surface area contributed by atoms with Crippen LogP contribution in [0.4, 0.5) is 0 Å². The zero-order valence-corrected chi connectivity index (χ0v) is 11.5. The second-order valence-corrected chi connectivity index (χ2v) is 5.31. The maximum absolute atomic E-state index is 12.5. The molecule has 1 aromatic rings. The van der Waals surface area contributed by atoms with Crippen molar-refractivity contribution >= 4 is 5.91 Å². The molecule has 0 aromatic heterocycles. The Bertz CT molecular complexity index is 471. The van der Waals surface area contributed by atoms with Gasteiger partial charge in [0.2, 0.25) is 0 Å². The molecular formula is C15H20N2O3. The van der Waals surface area contributed by atoms with Crippen LogP contribution in [0.5, 0.6) is 0 Å². The highest BCUT2D eigenvalue weighted by atomic mass is 16.7. The molecule has 2 fully saturated rings. The molecular weight excluding hydrogens is 256 g/mol. The zero-order chi connectivity index (χ0) is 14.0. The van der Waals surface area contributed by atoms with Crippen LogP contribution in [0.25, 0.3) is 0 Å². The van der Waals surface area contributed by atoms with E-state index in [1.807, 2.05) is 35.2 Å². The van der Waals surface area contributed by atoms with Gasteiger partial charge in [-0.3, -0.25) is 4.79 Å². The van der Waals surface area contributed by atoms with E-state index >= 15 is 0 Å². The summed E-state index contributed by atoms with van der Waals surface area (Å²) >= 11 is 0. The fraction of sp³-hybridized carbons (Fsp3) is 0.533. The Kier molecular flexibility index (Phi) is 3.74. The molecule has 108 valence electrons. The van der Waals surface area contributed by atoms with Gasteiger partial charge in [-0.25, -0.2) is 0 Å². The topological polar surface area (TPSA) is 64.8 Å². The number of likely N-dealkylation sites (tertiary alicyclic amines) is 1. The fourth-order valence-electron chi connectivity index (χ4n) is 3.04. The first-order chi connectivity index (χ1) is 9.75. The molecule has 5 heteroatoms. The van der Waals surface area contributed by atoms with E-state index in [9.17, 15) is 4.79 Å². The minimum absolute atomic E-state index is 0.0337. The van der Waals surface area contributed by atoms with Crippen LogP contribution >= 0.6 is 0 Å². The minimum Gasteiger partial charge on any atom is -0.347 e. The average molecular weight is 276 g/mol. The Hall–Kier alpha value is -1.43. The maximum atomic E-state index is 12.5. The summed E-state index contributed by atoms with van der Waals surface area (Å²) in [5.41, 5.74) is 6.58. The van der Waals surface area contributed by atoms with Crippen LogP contribution in [-0.4, -0.2) is 49.4 Å². The van der Waals surface area contributed by atoms with Gasteiger partial charge in [-0.15, -0.1) is 0 Å². The van der Waals surface area contributed by atoms with Crippen LogP contribution in [0.15, 0.2) is 30.3 Å². The van der Waals surface area contributed by atoms with Gasteiger partial charge in [0.05, 0.1) is 13.2 Å². The molecule has 2 saturated heterocycles. The number of hydrogen-bond donors (Lipinski definition) is 1. The average Bonchev–Trinajstić information content (AvgIpc) is 2.97. The summed E-state index contributed by atoms with van der Waals surface area (Å²) in [4.78, 5) is 14.3. The molecule has 1 aromatic carbocycles. The number of amides is 1. The maximum Gasteiger partial charge on any atom is 0.253 e. The highest BCUT2D eigenvalue weighted by Gasteiger charge is 2.48. The normalized spacial score (nSPS) is 25.1. The molecule has 2 aliphatic rings. The van der Waals surface area contributed by atoms with Crippen molar-refractivity contribution in [2.24, 2.45) is 11.7 Å². The van der Waals surface area contributed by atoms with Crippen LogP contribution in [-0.2, 0) is 9.47 Å². The summed E-state index contributed by atoms with van der Waals surface area (Å²) in [5.74, 6) is -0.481. The second kappa shape index (κ2) is 5.52. The van der Waals surface area contributed by atoms with Crippen molar-refractivity contribution in [3.05, 3.63) is 35.9 Å². The summed E-state index contributed by atoms with van der Waals surface area (Å²) in [6, 6.07) is 9.34. The molecule has 2 heterocycles. The van der Waals surface area contributed by atoms with Crippen molar-refractivity contribution < 1.29 is 14.3 Å². The van der Waals surface area contributed by atoms with Crippen molar-refractivity contribution in [1.29, 1.82) is 0 Å². The molecule has 1 amide bonds. The summed E-state index contributed by atoms with van der Waals surface area (Å²) < 4.78 is 11.6. The molecule has 1 spiro atoms. The third-order valence-electron chi connectivity index (χ3n) is 4.16. The molecule has 2 aliphatic heterocycles. The van der Waals surface area contributed by atoms with Crippen molar-refractivity contribution in [3.63, 3.8) is 0 Å². The van der Waals surface area contributed by atoms with E-state index in [0.717, 1.165) is 0 Å². The third-order valence-corrected chi connectivity index (χ3v) is 4.16. The fourth-order valence-corrected chi connectivity index (χ4v) is 3.04. The van der Waals surface area contributed by atoms with Crippen LogP contribution in [0.1, 0.15) is 16.8 Å². The lowest BCUT2D eigenvalue weighted by Gasteiger charge is -2.43. The Morgan fingerprint density at radius 1 is 1.30 bits per heavy atom. The van der Waals surface area contributed by atoms with E-state index in [2.05, 4.69) is 0 Å². The molecule has 0 saturated carbocycles. The van der Waals surface area contributed by atoms with Crippen molar-refractivity contribution in [2.75, 3.05) is 32.8 Å². The Morgan fingerprint density at radius 2 is 2.00 bits per heavy atom. The van der Waals surface area contributed by atoms with Gasteiger partial charge in [0, 0.05) is 37.5 Å². The summed E-state index contributed by atoms with van der Waals surface area (Å²) in [7, 11) is 0. The van der Waals surface area contributed by atoms with Gasteiger partial charge in [0.1, 0.15) is 0 Å². The van der Waals surface area contributed by atoms with E-state index in [1.54, 1.807) is 0 Å². The van der Waals surface area contributed by atoms with Gasteiger partial charge in [0.15, 0.2) is 5.79 Å². The molecule has 1 unspecified atom stereocenters. The van der Waals surface area contributed by atoms with E-state index in [0.29, 0.717) is 44.8 Å². The number of ether oxygens (including phenoxy) is 2. The molecule has 0 bridgehead atoms. The van der Waals surface area contributed by atoms with Crippen LogP contribution in [0, 0.1) is 5.92 Å². The van der Waals surface area contributed by atoms with Gasteiger partial charge in [-0.1, -0.05) is 18.2 Å². The highest BCUT2D eigenvalue weighted by molar-refractivity contribution is 5.94. The zero-order valence-electron chi connectivity index (χ0n) is 11.5. The van der Waals surface area contributed by atoms with Crippen molar-refractivity contribution in [2.45, 2.75) is 12.2 Å². The summed E-state index contributed by atoms with van der Waals surface area (Å²) in [5, 5.41) is 0. The number of carbonyl (C=O) groups excluding carboxylic acids is 1. The van der Waals surface area contributed by atoms with Crippen LogP contribution < -0.4 is 5.73 Å². The monoisotopic (exact) mass is 276 g/mol. The molecule has 1 atom stereocenters. The molecule has 0 aliphatic carbocycles. The first kappa shape index (κ1) is 13.5. The number of rotatable bonds is 2. The Morgan fingerprint density at radius 3 is 2.65 bits per heavy atom. The summed E-state index contributed by atoms with van der Waals surface area (Å²) in [6.45, 7) is 2.92. The lowest BCUT2D eigenvalue weighted by atomic mass is 9.90. The van der Waals surface area contributed by atoms with Crippen LogP contribution in [0.2, 0.25) is 0 Å². The van der Waals surface area contributed by atoms with E-state index < -0.39 is 5.79 Å². The number of nitrogens with two attached hydrogens (primary N) is 1. The second-order valence-electron chi connectivity index (χ2n) is 5.31. The number of piperidine rings is 1. The van der Waals surface area contributed by atoms with Crippen molar-refractivity contribution in [1.82, 2.24) is 4.90 Å². The molecule has 5 nitrogen and oxygen atoms in total. The van der Waals surface area contributed by atoms with Gasteiger partial charge >= 0.3 is 0 Å². The van der Waals surface area contributed by atoms with Gasteiger partial charge in [-0.2, -0.15) is 0 Å². The van der Waals surface area contributed by atoms with E-state index in [-0.39, 0.29) is 11.8 Å². The predicted molar refractivity (Wildman–Crippen MR) is 74.1 cm³/mol. The predicted octanol–water partition coefficient (Wildman–Crippen LogP) is 0.850. The number of benzene rings is 1. The van der Waals surface area contributed by atoms with Gasteiger partial charge in [0.25, 0.3) is 5.91 Å². The Labute approximate surface area is 118 Å². The smallest absolute Gasteiger partial charge is 0.253 e. The van der Waals surface area contributed by atoms with Gasteiger partial charge < -0.3 is 20.1 Å². The first-order valence-electron chi connectivity index (χ1n) is 7.07. The molecule has 20 heavy (non-hydrogen) atoms. The van der Waals surface area contributed by atoms with Crippen LogP contribution in [0.3, 0.4) is 0 Å². The standard InChI is InChI=1S/C15H20N2O3/c16-10-13-11-17(7-6-15(13)19-8-9-20-15)14(18)12-4-2-1-3-5-12/h1-5,13H,6-11,16H2. The molecule has 3 rings (SSSR count). The number of nitrogens with zero attached hydrogens (tertiary/aromatic N) is 1. The largest absolute Gasteiger partial charge is 0.347 e. The van der Waals surface area contributed by atoms with E-state index in [1.165, 1.54) is 0 Å². The lowest BCUT2D eigenvalue weighted by molar-refractivity contribution is -0.214. The molecule has 2 N–H and O–H groups in total. The summed E-state index contributed by atoms with van der Waals surface area (Å²) in [6.07, 6.45) is 0.688. The third kappa shape index (κ3) is 2.32. The first-order valence-corrected chi connectivity index (χ1v) is 7.07. The number of carbonyl (C=O) groups is 1. The minimum atomic E-state index is -0.567.